The van der Waals surface area contributed by atoms with Crippen LogP contribution in [0.4, 0.5) is 4.39 Å². The zero-order chi connectivity index (χ0) is 12.8. The van der Waals surface area contributed by atoms with Gasteiger partial charge in [-0.25, -0.2) is 4.39 Å². The summed E-state index contributed by atoms with van der Waals surface area (Å²) in [7, 11) is 0. The number of rotatable bonds is 5. The lowest BCUT2D eigenvalue weighted by molar-refractivity contribution is 0.478. The second-order valence-electron chi connectivity index (χ2n) is 4.89. The van der Waals surface area contributed by atoms with Crippen LogP contribution in [-0.2, 0) is 0 Å². The van der Waals surface area contributed by atoms with Crippen molar-refractivity contribution in [2.24, 2.45) is 0 Å². The van der Waals surface area contributed by atoms with Crippen LogP contribution in [0.5, 0.6) is 0 Å². The van der Waals surface area contributed by atoms with Crippen molar-refractivity contribution >= 4 is 11.8 Å². The fourth-order valence-electron chi connectivity index (χ4n) is 2.46. The topological polar surface area (TPSA) is 12.0 Å². The van der Waals surface area contributed by atoms with Crippen molar-refractivity contribution in [3.05, 3.63) is 35.6 Å². The van der Waals surface area contributed by atoms with E-state index in [9.17, 15) is 4.39 Å². The smallest absolute Gasteiger partial charge is 0.123 e. The minimum atomic E-state index is -0.149. The molecule has 0 spiro atoms. The second kappa shape index (κ2) is 7.15. The van der Waals surface area contributed by atoms with Gasteiger partial charge in [0.1, 0.15) is 5.82 Å². The third-order valence-electron chi connectivity index (χ3n) is 3.43. The van der Waals surface area contributed by atoms with E-state index in [1.807, 2.05) is 12.1 Å². The van der Waals surface area contributed by atoms with Gasteiger partial charge in [0, 0.05) is 11.3 Å². The van der Waals surface area contributed by atoms with E-state index in [2.05, 4.69) is 24.0 Å². The fourth-order valence-corrected chi connectivity index (χ4v) is 3.92. The minimum Gasteiger partial charge on any atom is -0.309 e. The van der Waals surface area contributed by atoms with Gasteiger partial charge in [0.05, 0.1) is 0 Å². The third-order valence-corrected chi connectivity index (χ3v) is 4.89. The Labute approximate surface area is 114 Å². The Balaban J connectivity index is 2.10. The van der Waals surface area contributed by atoms with Gasteiger partial charge in [-0.2, -0.15) is 11.8 Å². The van der Waals surface area contributed by atoms with Gasteiger partial charge in [0.2, 0.25) is 0 Å². The molecular formula is C15H22FNS. The van der Waals surface area contributed by atoms with E-state index in [1.165, 1.54) is 30.6 Å². The molecule has 0 saturated carbocycles. The van der Waals surface area contributed by atoms with E-state index in [-0.39, 0.29) is 5.82 Å². The van der Waals surface area contributed by atoms with Crippen LogP contribution in [0.1, 0.15) is 44.2 Å². The van der Waals surface area contributed by atoms with Crippen molar-refractivity contribution in [1.29, 1.82) is 0 Å². The van der Waals surface area contributed by atoms with Crippen molar-refractivity contribution < 1.29 is 4.39 Å². The number of hydrogen-bond acceptors (Lipinski definition) is 2. The molecule has 1 fully saturated rings. The third kappa shape index (κ3) is 3.72. The Morgan fingerprint density at radius 1 is 1.33 bits per heavy atom. The molecule has 0 bridgehead atoms. The molecule has 2 atom stereocenters. The summed E-state index contributed by atoms with van der Waals surface area (Å²) in [6.45, 7) is 3.21. The molecule has 0 aliphatic carbocycles. The highest BCUT2D eigenvalue weighted by Crippen LogP contribution is 2.34. The molecule has 100 valence electrons. The minimum absolute atomic E-state index is 0.149. The molecule has 0 aromatic heterocycles. The SMILES string of the molecule is CCCNC(c1ccc(F)cc1)C1CCCCS1. The Morgan fingerprint density at radius 2 is 2.11 bits per heavy atom. The van der Waals surface area contributed by atoms with Crippen molar-refractivity contribution in [3.8, 4) is 0 Å². The first-order valence-corrected chi connectivity index (χ1v) is 7.96. The lowest BCUT2D eigenvalue weighted by atomic mass is 9.99. The average molecular weight is 267 g/mol. The summed E-state index contributed by atoms with van der Waals surface area (Å²) in [6, 6.07) is 7.37. The summed E-state index contributed by atoms with van der Waals surface area (Å²) in [5.74, 6) is 1.11. The molecule has 1 heterocycles. The molecule has 2 rings (SSSR count). The van der Waals surface area contributed by atoms with Crippen molar-refractivity contribution in [1.82, 2.24) is 5.32 Å². The van der Waals surface area contributed by atoms with Crippen LogP contribution in [0.25, 0.3) is 0 Å². The van der Waals surface area contributed by atoms with Gasteiger partial charge in [0.15, 0.2) is 0 Å². The molecule has 1 saturated heterocycles. The summed E-state index contributed by atoms with van der Waals surface area (Å²) >= 11 is 2.06. The summed E-state index contributed by atoms with van der Waals surface area (Å²) in [5.41, 5.74) is 1.23. The Hall–Kier alpha value is -0.540. The Morgan fingerprint density at radius 3 is 2.72 bits per heavy atom. The normalized spacial score (nSPS) is 21.8. The van der Waals surface area contributed by atoms with Crippen LogP contribution in [0.15, 0.2) is 24.3 Å². The predicted molar refractivity (Wildman–Crippen MR) is 77.5 cm³/mol. The zero-order valence-corrected chi connectivity index (χ0v) is 11.8. The highest BCUT2D eigenvalue weighted by atomic mass is 32.2. The van der Waals surface area contributed by atoms with Crippen LogP contribution in [0.3, 0.4) is 0 Å². The summed E-state index contributed by atoms with van der Waals surface area (Å²) in [5, 5.41) is 4.27. The molecule has 1 N–H and O–H groups in total. The summed E-state index contributed by atoms with van der Waals surface area (Å²) < 4.78 is 13.0. The predicted octanol–water partition coefficient (Wildman–Crippen LogP) is 4.15. The van der Waals surface area contributed by atoms with Crippen molar-refractivity contribution in [3.63, 3.8) is 0 Å². The van der Waals surface area contributed by atoms with Gasteiger partial charge >= 0.3 is 0 Å². The molecule has 0 radical (unpaired) electrons. The van der Waals surface area contributed by atoms with Crippen LogP contribution in [0, 0.1) is 5.82 Å². The number of thioether (sulfide) groups is 1. The number of hydrogen-bond donors (Lipinski definition) is 1. The summed E-state index contributed by atoms with van der Waals surface area (Å²) in [6.07, 6.45) is 5.06. The largest absolute Gasteiger partial charge is 0.309 e. The summed E-state index contributed by atoms with van der Waals surface area (Å²) in [4.78, 5) is 0. The molecule has 1 nitrogen and oxygen atoms in total. The van der Waals surface area contributed by atoms with Gasteiger partial charge in [-0.05, 0) is 49.3 Å². The molecule has 1 aliphatic rings. The fraction of sp³-hybridized carbons (Fsp3) is 0.600. The molecule has 2 unspecified atom stereocenters. The van der Waals surface area contributed by atoms with E-state index in [0.29, 0.717) is 11.3 Å². The maximum atomic E-state index is 13.0. The highest BCUT2D eigenvalue weighted by molar-refractivity contribution is 8.00. The Bertz CT molecular complexity index is 346. The van der Waals surface area contributed by atoms with Crippen molar-refractivity contribution in [2.75, 3.05) is 12.3 Å². The number of benzene rings is 1. The van der Waals surface area contributed by atoms with Crippen LogP contribution in [0.2, 0.25) is 0 Å². The van der Waals surface area contributed by atoms with E-state index in [1.54, 1.807) is 12.1 Å². The van der Waals surface area contributed by atoms with E-state index in [4.69, 9.17) is 0 Å². The van der Waals surface area contributed by atoms with Gasteiger partial charge < -0.3 is 5.32 Å². The van der Waals surface area contributed by atoms with Crippen LogP contribution >= 0.6 is 11.8 Å². The molecule has 0 amide bonds. The maximum absolute atomic E-state index is 13.0. The first-order valence-electron chi connectivity index (χ1n) is 6.91. The highest BCUT2D eigenvalue weighted by Gasteiger charge is 2.24. The maximum Gasteiger partial charge on any atom is 0.123 e. The average Bonchev–Trinajstić information content (AvgIpc) is 2.42. The Kier molecular flexibility index (Phi) is 5.51. The zero-order valence-electron chi connectivity index (χ0n) is 11.0. The van der Waals surface area contributed by atoms with Gasteiger partial charge in [-0.1, -0.05) is 25.5 Å². The lowest BCUT2D eigenvalue weighted by Gasteiger charge is -2.31. The quantitative estimate of drug-likeness (QED) is 0.860. The standard InChI is InChI=1S/C15H22FNS/c1-2-10-17-15(14-5-3-4-11-18-14)12-6-8-13(16)9-7-12/h6-9,14-15,17H,2-5,10-11H2,1H3. The van der Waals surface area contributed by atoms with Gasteiger partial charge in [-0.3, -0.25) is 0 Å². The van der Waals surface area contributed by atoms with Gasteiger partial charge in [-0.15, -0.1) is 0 Å². The van der Waals surface area contributed by atoms with Gasteiger partial charge in [0.25, 0.3) is 0 Å². The molecule has 3 heteroatoms. The molecular weight excluding hydrogens is 245 g/mol. The lowest BCUT2D eigenvalue weighted by Crippen LogP contribution is -2.32. The first-order chi connectivity index (χ1) is 8.81. The van der Waals surface area contributed by atoms with E-state index in [0.717, 1.165) is 13.0 Å². The number of halogens is 1. The first kappa shape index (κ1) is 13.9. The van der Waals surface area contributed by atoms with E-state index < -0.39 is 0 Å². The molecule has 1 aliphatic heterocycles. The van der Waals surface area contributed by atoms with Crippen molar-refractivity contribution in [2.45, 2.75) is 43.9 Å². The monoisotopic (exact) mass is 267 g/mol. The van der Waals surface area contributed by atoms with Crippen LogP contribution in [-0.4, -0.2) is 17.5 Å². The molecule has 1 aromatic carbocycles. The molecule has 18 heavy (non-hydrogen) atoms. The van der Waals surface area contributed by atoms with Crippen LogP contribution < -0.4 is 5.32 Å². The second-order valence-corrected chi connectivity index (χ2v) is 6.24. The van der Waals surface area contributed by atoms with E-state index >= 15 is 0 Å². The molecule has 1 aromatic rings. The number of nitrogens with one attached hydrogen (secondary N) is 1.